The Kier molecular flexibility index (Phi) is 6.05. The molecule has 1 aromatic heterocycles. The van der Waals surface area contributed by atoms with Gasteiger partial charge in [0.1, 0.15) is 0 Å². The number of aromatic nitrogens is 2. The van der Waals surface area contributed by atoms with Crippen LogP contribution in [0.4, 0.5) is 0 Å². The molecule has 0 spiro atoms. The van der Waals surface area contributed by atoms with Gasteiger partial charge in [-0.25, -0.2) is 4.98 Å². The molecule has 1 aliphatic rings. The third kappa shape index (κ3) is 4.06. The average molecular weight is 278 g/mol. The minimum Gasteiger partial charge on any atom is -0.333 e. The first-order chi connectivity index (χ1) is 9.74. The molecule has 2 N–H and O–H groups in total. The van der Waals surface area contributed by atoms with Crippen molar-refractivity contribution in [2.24, 2.45) is 5.73 Å². The predicted octanol–water partition coefficient (Wildman–Crippen LogP) is 2.78. The zero-order chi connectivity index (χ0) is 14.4. The van der Waals surface area contributed by atoms with Crippen molar-refractivity contribution < 1.29 is 0 Å². The van der Waals surface area contributed by atoms with Gasteiger partial charge in [0.25, 0.3) is 0 Å². The van der Waals surface area contributed by atoms with Crippen LogP contribution in [0.5, 0.6) is 0 Å². The summed E-state index contributed by atoms with van der Waals surface area (Å²) in [6.07, 6.45) is 11.2. The summed E-state index contributed by atoms with van der Waals surface area (Å²) in [5.74, 6) is 0. The maximum absolute atomic E-state index is 6.04. The summed E-state index contributed by atoms with van der Waals surface area (Å²) in [5, 5.41) is 0. The number of rotatable bonds is 7. The Bertz CT molecular complexity index is 380. The summed E-state index contributed by atoms with van der Waals surface area (Å²) in [6.45, 7) is 7.77. The van der Waals surface area contributed by atoms with Crippen molar-refractivity contribution in [3.63, 3.8) is 0 Å². The van der Waals surface area contributed by atoms with Crippen molar-refractivity contribution in [3.05, 3.63) is 18.2 Å². The fraction of sp³-hybridized carbons (Fsp3) is 0.812. The Morgan fingerprint density at radius 1 is 1.25 bits per heavy atom. The number of nitrogens with two attached hydrogens (primary N) is 1. The van der Waals surface area contributed by atoms with Gasteiger partial charge in [-0.2, -0.15) is 0 Å². The van der Waals surface area contributed by atoms with E-state index in [0.29, 0.717) is 12.1 Å². The van der Waals surface area contributed by atoms with Gasteiger partial charge >= 0.3 is 0 Å². The summed E-state index contributed by atoms with van der Waals surface area (Å²) in [7, 11) is 0. The first-order valence-electron chi connectivity index (χ1n) is 8.23. The molecule has 0 aliphatic heterocycles. The summed E-state index contributed by atoms with van der Waals surface area (Å²) in [6, 6.07) is 1.14. The largest absolute Gasteiger partial charge is 0.333 e. The van der Waals surface area contributed by atoms with Crippen molar-refractivity contribution in [1.29, 1.82) is 0 Å². The van der Waals surface area contributed by atoms with E-state index in [2.05, 4.69) is 28.3 Å². The maximum Gasteiger partial charge on any atom is 0.0948 e. The van der Waals surface area contributed by atoms with Crippen LogP contribution in [0.2, 0.25) is 0 Å². The van der Waals surface area contributed by atoms with Gasteiger partial charge in [-0.05, 0) is 45.1 Å². The van der Waals surface area contributed by atoms with Gasteiger partial charge < -0.3 is 10.3 Å². The van der Waals surface area contributed by atoms with Crippen LogP contribution in [-0.4, -0.2) is 33.1 Å². The number of hydrogen-bond acceptors (Lipinski definition) is 3. The normalized spacial score (nSPS) is 23.4. The molecule has 0 radical (unpaired) electrons. The smallest absolute Gasteiger partial charge is 0.0948 e. The van der Waals surface area contributed by atoms with Crippen molar-refractivity contribution in [1.82, 2.24) is 14.5 Å². The molecule has 0 amide bonds. The predicted molar refractivity (Wildman–Crippen MR) is 83.5 cm³/mol. The lowest BCUT2D eigenvalue weighted by Crippen LogP contribution is -2.41. The molecular weight excluding hydrogens is 248 g/mol. The van der Waals surface area contributed by atoms with Gasteiger partial charge in [0.2, 0.25) is 0 Å². The number of hydrogen-bond donors (Lipinski definition) is 1. The van der Waals surface area contributed by atoms with E-state index in [4.69, 9.17) is 5.73 Å². The van der Waals surface area contributed by atoms with Crippen LogP contribution < -0.4 is 5.73 Å². The first kappa shape index (κ1) is 15.5. The highest BCUT2D eigenvalue weighted by Gasteiger charge is 2.24. The van der Waals surface area contributed by atoms with Gasteiger partial charge in [-0.3, -0.25) is 4.90 Å². The van der Waals surface area contributed by atoms with Crippen LogP contribution in [0.3, 0.4) is 0 Å². The zero-order valence-corrected chi connectivity index (χ0v) is 13.1. The molecule has 2 rings (SSSR count). The Morgan fingerprint density at radius 3 is 2.65 bits per heavy atom. The molecule has 4 heteroatoms. The highest BCUT2D eigenvalue weighted by Crippen LogP contribution is 2.24. The first-order valence-corrected chi connectivity index (χ1v) is 8.23. The van der Waals surface area contributed by atoms with Gasteiger partial charge in [0, 0.05) is 31.4 Å². The molecule has 0 unspecified atom stereocenters. The molecule has 0 bridgehead atoms. The number of imidazole rings is 1. The van der Waals surface area contributed by atoms with Gasteiger partial charge in [-0.1, -0.05) is 13.8 Å². The van der Waals surface area contributed by atoms with Crippen LogP contribution in [-0.2, 0) is 13.1 Å². The van der Waals surface area contributed by atoms with E-state index < -0.39 is 0 Å². The monoisotopic (exact) mass is 278 g/mol. The molecule has 1 aromatic rings. The molecule has 0 aromatic carbocycles. The van der Waals surface area contributed by atoms with Crippen LogP contribution in [0.25, 0.3) is 0 Å². The fourth-order valence-electron chi connectivity index (χ4n) is 3.27. The van der Waals surface area contributed by atoms with Crippen LogP contribution in [0.1, 0.15) is 58.1 Å². The van der Waals surface area contributed by atoms with E-state index in [0.717, 1.165) is 19.5 Å². The Hall–Kier alpha value is -0.870. The maximum atomic E-state index is 6.04. The number of nitrogens with zero attached hydrogens (tertiary/aromatic N) is 3. The van der Waals surface area contributed by atoms with E-state index in [1.54, 1.807) is 0 Å². The van der Waals surface area contributed by atoms with Gasteiger partial charge in [-0.15, -0.1) is 0 Å². The van der Waals surface area contributed by atoms with Crippen LogP contribution in [0.15, 0.2) is 12.5 Å². The van der Waals surface area contributed by atoms with E-state index in [1.165, 1.54) is 44.3 Å². The minimum absolute atomic E-state index is 0.431. The fourth-order valence-corrected chi connectivity index (χ4v) is 3.27. The molecule has 0 atom stereocenters. The lowest BCUT2D eigenvalue weighted by molar-refractivity contribution is 0.139. The second-order valence-electron chi connectivity index (χ2n) is 6.12. The van der Waals surface area contributed by atoms with Crippen LogP contribution in [0, 0.1) is 0 Å². The molecule has 1 fully saturated rings. The molecular formula is C16H30N4. The molecule has 1 heterocycles. The van der Waals surface area contributed by atoms with Crippen molar-refractivity contribution in [2.45, 2.75) is 77.5 Å². The molecule has 1 saturated carbocycles. The highest BCUT2D eigenvalue weighted by molar-refractivity contribution is 4.99. The quantitative estimate of drug-likeness (QED) is 0.834. The molecule has 1 aliphatic carbocycles. The topological polar surface area (TPSA) is 47.1 Å². The molecule has 0 saturated heterocycles. The molecule has 20 heavy (non-hydrogen) atoms. The SMILES string of the molecule is CCCN(Cc1cncn1CCC)C1CCC(N)CC1. The minimum atomic E-state index is 0.431. The second-order valence-corrected chi connectivity index (χ2v) is 6.12. The van der Waals surface area contributed by atoms with Crippen LogP contribution >= 0.6 is 0 Å². The Morgan fingerprint density at radius 2 is 2.00 bits per heavy atom. The standard InChI is InChI=1S/C16H30N4/c1-3-9-19(15-7-5-14(17)6-8-15)12-16-11-18-13-20(16)10-4-2/h11,13-15H,3-10,12,17H2,1-2H3. The third-order valence-electron chi connectivity index (χ3n) is 4.40. The summed E-state index contributed by atoms with van der Waals surface area (Å²) in [4.78, 5) is 6.98. The third-order valence-corrected chi connectivity index (χ3v) is 4.40. The summed E-state index contributed by atoms with van der Waals surface area (Å²) >= 11 is 0. The lowest BCUT2D eigenvalue weighted by atomic mass is 9.90. The second kappa shape index (κ2) is 7.79. The summed E-state index contributed by atoms with van der Waals surface area (Å²) < 4.78 is 2.30. The van der Waals surface area contributed by atoms with E-state index >= 15 is 0 Å². The van der Waals surface area contributed by atoms with Crippen molar-refractivity contribution >= 4 is 0 Å². The zero-order valence-electron chi connectivity index (χ0n) is 13.1. The average Bonchev–Trinajstić information content (AvgIpc) is 2.87. The number of aryl methyl sites for hydroxylation is 1. The van der Waals surface area contributed by atoms with Gasteiger partial charge in [0.05, 0.1) is 12.0 Å². The highest BCUT2D eigenvalue weighted by atomic mass is 15.2. The molecule has 114 valence electrons. The Balaban J connectivity index is 1.99. The van der Waals surface area contributed by atoms with E-state index in [9.17, 15) is 0 Å². The van der Waals surface area contributed by atoms with E-state index in [-0.39, 0.29) is 0 Å². The van der Waals surface area contributed by atoms with Crippen molar-refractivity contribution in [3.8, 4) is 0 Å². The Labute approximate surface area is 123 Å². The van der Waals surface area contributed by atoms with Crippen molar-refractivity contribution in [2.75, 3.05) is 6.54 Å². The van der Waals surface area contributed by atoms with E-state index in [1.807, 2.05) is 12.5 Å². The van der Waals surface area contributed by atoms with Gasteiger partial charge in [0.15, 0.2) is 0 Å². The molecule has 4 nitrogen and oxygen atoms in total. The lowest BCUT2D eigenvalue weighted by Gasteiger charge is -2.36. The summed E-state index contributed by atoms with van der Waals surface area (Å²) in [5.41, 5.74) is 7.39.